The van der Waals surface area contributed by atoms with Crippen LogP contribution >= 0.6 is 11.3 Å². The van der Waals surface area contributed by atoms with Crippen LogP contribution in [0.2, 0.25) is 0 Å². The Balaban J connectivity index is 1.61. The lowest BCUT2D eigenvalue weighted by Gasteiger charge is -2.18. The van der Waals surface area contributed by atoms with Crippen molar-refractivity contribution in [2.45, 2.75) is 39.4 Å². The molecule has 4 aromatic heterocycles. The fourth-order valence-corrected chi connectivity index (χ4v) is 6.84. The van der Waals surface area contributed by atoms with Gasteiger partial charge in [-0.3, -0.25) is 24.0 Å². The van der Waals surface area contributed by atoms with Crippen LogP contribution in [0.5, 0.6) is 0 Å². The second kappa shape index (κ2) is 13.7. The van der Waals surface area contributed by atoms with Gasteiger partial charge >= 0.3 is 5.69 Å². The summed E-state index contributed by atoms with van der Waals surface area (Å²) in [5.74, 6) is -1.39. The molecule has 0 bridgehead atoms. The molecule has 11 heteroatoms. The van der Waals surface area contributed by atoms with Gasteiger partial charge in [0, 0.05) is 48.8 Å². The van der Waals surface area contributed by atoms with E-state index in [1.807, 2.05) is 61.3 Å². The molecule has 0 radical (unpaired) electrons. The highest BCUT2D eigenvalue weighted by Crippen LogP contribution is 2.38. The summed E-state index contributed by atoms with van der Waals surface area (Å²) < 4.78 is 32.2. The molecular formula is C36H31F2N5O3S. The quantitative estimate of drug-likeness (QED) is 0.167. The van der Waals surface area contributed by atoms with Crippen molar-refractivity contribution in [3.8, 4) is 16.3 Å². The highest BCUT2D eigenvalue weighted by Gasteiger charge is 2.26. The fraction of sp³-hybridized carbons (Fsp3) is 0.194. The third-order valence-corrected chi connectivity index (χ3v) is 9.23. The molecule has 0 aliphatic carbocycles. The van der Waals surface area contributed by atoms with Gasteiger partial charge in [-0.05, 0) is 60.1 Å². The Morgan fingerprint density at radius 1 is 0.851 bits per heavy atom. The van der Waals surface area contributed by atoms with Gasteiger partial charge < -0.3 is 0 Å². The third kappa shape index (κ3) is 6.58. The predicted molar refractivity (Wildman–Crippen MR) is 179 cm³/mol. The van der Waals surface area contributed by atoms with E-state index in [0.717, 1.165) is 38.4 Å². The van der Waals surface area contributed by atoms with Crippen LogP contribution in [0.3, 0.4) is 0 Å². The first-order chi connectivity index (χ1) is 22.7. The Kier molecular flexibility index (Phi) is 9.28. The molecule has 238 valence electrons. The molecule has 0 aliphatic rings. The van der Waals surface area contributed by atoms with Crippen molar-refractivity contribution < 1.29 is 13.6 Å². The molecular weight excluding hydrogens is 620 g/mol. The van der Waals surface area contributed by atoms with Gasteiger partial charge in [0.2, 0.25) is 0 Å². The Hall–Kier alpha value is -5.13. The average molecular weight is 652 g/mol. The summed E-state index contributed by atoms with van der Waals surface area (Å²) in [5, 5.41) is 0.255. The number of carbonyl (C=O) groups excluding carboxylic acids is 1. The number of halogens is 2. The molecule has 0 fully saturated rings. The summed E-state index contributed by atoms with van der Waals surface area (Å²) in [4.78, 5) is 52.3. The number of rotatable bonds is 11. The fourth-order valence-electron chi connectivity index (χ4n) is 5.54. The van der Waals surface area contributed by atoms with Gasteiger partial charge in [0.25, 0.3) is 5.56 Å². The first-order valence-electron chi connectivity index (χ1n) is 15.1. The summed E-state index contributed by atoms with van der Waals surface area (Å²) in [6.45, 7) is 2.16. The Labute approximate surface area is 273 Å². The maximum Gasteiger partial charge on any atom is 0.338 e. The van der Waals surface area contributed by atoms with E-state index >= 15 is 0 Å². The zero-order valence-electron chi connectivity index (χ0n) is 25.8. The van der Waals surface area contributed by atoms with E-state index in [-0.39, 0.29) is 27.4 Å². The van der Waals surface area contributed by atoms with Gasteiger partial charge in [-0.1, -0.05) is 49.4 Å². The molecule has 0 N–H and O–H groups in total. The number of aromatic nitrogens is 4. The topological polar surface area (TPSA) is 90.1 Å². The molecule has 0 unspecified atom stereocenters. The second-order valence-electron chi connectivity index (χ2n) is 11.2. The highest BCUT2D eigenvalue weighted by atomic mass is 32.1. The zero-order chi connectivity index (χ0) is 33.1. The summed E-state index contributed by atoms with van der Waals surface area (Å²) in [6, 6.07) is 21.6. The number of benzene rings is 2. The van der Waals surface area contributed by atoms with Crippen molar-refractivity contribution in [3.63, 3.8) is 0 Å². The number of Topliss-reactive ketones (excluding diaryl/α,β-unsaturated/α-hetero) is 1. The van der Waals surface area contributed by atoms with Gasteiger partial charge in [0.1, 0.15) is 28.1 Å². The number of fused-ring (bicyclic) bond motifs is 1. The van der Waals surface area contributed by atoms with Crippen molar-refractivity contribution in [1.82, 2.24) is 24.0 Å². The number of carbonyl (C=O) groups is 1. The van der Waals surface area contributed by atoms with Crippen LogP contribution in [0.1, 0.15) is 35.7 Å². The lowest BCUT2D eigenvalue weighted by molar-refractivity contribution is -0.118. The SMILES string of the molecule is CCC(=O)Cc1ccc(-c2sc3c(c2CN(C)Cc2ccccn2)c(=O)n(-c2ccccn2)c(=O)n3Cc2c(F)cccc2F)cc1. The monoisotopic (exact) mass is 651 g/mol. The standard InChI is InChI=1S/C36H31F2N5O3S/c1-3-26(44)19-23-13-15-24(16-14-23)33-28(21-41(2)20-25-9-4-6-17-39-25)32-34(45)43(31-12-5-7-18-40-31)36(46)42(35(32)47-33)22-27-29(37)10-8-11-30(27)38/h4-18H,3,19-22H2,1-2H3. The lowest BCUT2D eigenvalue weighted by atomic mass is 10.0. The largest absolute Gasteiger partial charge is 0.338 e. The molecule has 0 atom stereocenters. The number of hydrogen-bond donors (Lipinski definition) is 0. The van der Waals surface area contributed by atoms with Crippen LogP contribution in [0, 0.1) is 11.6 Å². The molecule has 0 saturated carbocycles. The first kappa shape index (κ1) is 31.8. The molecule has 2 aromatic carbocycles. The van der Waals surface area contributed by atoms with E-state index in [2.05, 4.69) is 9.97 Å². The zero-order valence-corrected chi connectivity index (χ0v) is 26.6. The molecule has 0 amide bonds. The van der Waals surface area contributed by atoms with E-state index in [4.69, 9.17) is 0 Å². The highest BCUT2D eigenvalue weighted by molar-refractivity contribution is 7.22. The van der Waals surface area contributed by atoms with Crippen molar-refractivity contribution >= 4 is 27.3 Å². The maximum atomic E-state index is 15.0. The van der Waals surface area contributed by atoms with Crippen LogP contribution in [0.15, 0.2) is 101 Å². The third-order valence-electron chi connectivity index (χ3n) is 7.93. The normalized spacial score (nSPS) is 11.4. The minimum absolute atomic E-state index is 0.0950. The maximum absolute atomic E-state index is 15.0. The summed E-state index contributed by atoms with van der Waals surface area (Å²) in [7, 11) is 1.91. The molecule has 0 spiro atoms. The summed E-state index contributed by atoms with van der Waals surface area (Å²) in [5.41, 5.74) is 1.48. The first-order valence-corrected chi connectivity index (χ1v) is 15.9. The Morgan fingerprint density at radius 3 is 2.19 bits per heavy atom. The van der Waals surface area contributed by atoms with Crippen LogP contribution in [0.4, 0.5) is 8.78 Å². The molecule has 0 aliphatic heterocycles. The smallest absolute Gasteiger partial charge is 0.299 e. The van der Waals surface area contributed by atoms with Crippen molar-refractivity contribution in [3.05, 3.63) is 146 Å². The molecule has 0 saturated heterocycles. The van der Waals surface area contributed by atoms with Gasteiger partial charge in [0.05, 0.1) is 17.6 Å². The van der Waals surface area contributed by atoms with Crippen LogP contribution < -0.4 is 11.2 Å². The van der Waals surface area contributed by atoms with Gasteiger partial charge in [-0.25, -0.2) is 23.1 Å². The van der Waals surface area contributed by atoms with Crippen molar-refractivity contribution in [2.24, 2.45) is 0 Å². The minimum Gasteiger partial charge on any atom is -0.299 e. The molecule has 47 heavy (non-hydrogen) atoms. The lowest BCUT2D eigenvalue weighted by Crippen LogP contribution is -2.39. The molecule has 6 aromatic rings. The minimum atomic E-state index is -0.801. The van der Waals surface area contributed by atoms with E-state index in [1.54, 1.807) is 24.4 Å². The van der Waals surface area contributed by atoms with Crippen LogP contribution in [-0.4, -0.2) is 36.8 Å². The van der Waals surface area contributed by atoms with E-state index in [9.17, 15) is 23.2 Å². The van der Waals surface area contributed by atoms with E-state index < -0.39 is 29.4 Å². The Morgan fingerprint density at radius 2 is 1.55 bits per heavy atom. The van der Waals surface area contributed by atoms with E-state index in [0.29, 0.717) is 31.5 Å². The van der Waals surface area contributed by atoms with E-state index in [1.165, 1.54) is 28.2 Å². The summed E-state index contributed by atoms with van der Waals surface area (Å²) >= 11 is 1.21. The van der Waals surface area contributed by atoms with Crippen LogP contribution in [-0.2, 0) is 30.8 Å². The number of nitrogens with zero attached hydrogens (tertiary/aromatic N) is 5. The number of thiophene rings is 1. The number of hydrogen-bond acceptors (Lipinski definition) is 7. The van der Waals surface area contributed by atoms with Gasteiger partial charge in [-0.2, -0.15) is 0 Å². The average Bonchev–Trinajstić information content (AvgIpc) is 3.44. The predicted octanol–water partition coefficient (Wildman–Crippen LogP) is 6.15. The van der Waals surface area contributed by atoms with Gasteiger partial charge in [-0.15, -0.1) is 11.3 Å². The molecule has 6 rings (SSSR count). The Bertz CT molecular complexity index is 2160. The molecule has 4 heterocycles. The summed E-state index contributed by atoms with van der Waals surface area (Å²) in [6.07, 6.45) is 3.93. The number of ketones is 1. The van der Waals surface area contributed by atoms with Gasteiger partial charge in [0.15, 0.2) is 0 Å². The molecule has 8 nitrogen and oxygen atoms in total. The van der Waals surface area contributed by atoms with Crippen molar-refractivity contribution in [2.75, 3.05) is 7.05 Å². The van der Waals surface area contributed by atoms with Crippen molar-refractivity contribution in [1.29, 1.82) is 0 Å². The number of pyridine rings is 2. The van der Waals surface area contributed by atoms with Crippen LogP contribution in [0.25, 0.3) is 26.5 Å². The second-order valence-corrected chi connectivity index (χ2v) is 12.2.